The highest BCUT2D eigenvalue weighted by atomic mass is 19.1. The highest BCUT2D eigenvalue weighted by Gasteiger charge is 2.36. The van der Waals surface area contributed by atoms with Crippen LogP contribution in [0.2, 0.25) is 0 Å². The summed E-state index contributed by atoms with van der Waals surface area (Å²) < 4.78 is 13.5. The highest BCUT2D eigenvalue weighted by molar-refractivity contribution is 6.01. The van der Waals surface area contributed by atoms with E-state index in [4.69, 9.17) is 0 Å². The number of benzene rings is 1. The van der Waals surface area contributed by atoms with Crippen LogP contribution in [0.3, 0.4) is 0 Å². The van der Waals surface area contributed by atoms with Gasteiger partial charge in [-0.25, -0.2) is 4.39 Å². The summed E-state index contributed by atoms with van der Waals surface area (Å²) in [4.78, 5) is 29.6. The number of likely N-dealkylation sites (tertiary alicyclic amines) is 2. The van der Waals surface area contributed by atoms with Gasteiger partial charge in [0, 0.05) is 31.2 Å². The minimum absolute atomic E-state index is 0.00612. The number of carbonyl (C=O) groups excluding carboxylic acids is 2. The van der Waals surface area contributed by atoms with Crippen LogP contribution in [0.5, 0.6) is 0 Å². The molecule has 1 aromatic rings. The van der Waals surface area contributed by atoms with Crippen LogP contribution in [0, 0.1) is 5.82 Å². The predicted molar refractivity (Wildman–Crippen MR) is 92.8 cm³/mol. The minimum atomic E-state index is -0.498. The van der Waals surface area contributed by atoms with E-state index in [2.05, 4.69) is 10.2 Å². The summed E-state index contributed by atoms with van der Waals surface area (Å²) in [5, 5.41) is 2.68. The van der Waals surface area contributed by atoms with Gasteiger partial charge in [0.05, 0.1) is 5.92 Å². The minimum Gasteiger partial charge on any atom is -0.341 e. The van der Waals surface area contributed by atoms with E-state index in [0.29, 0.717) is 11.7 Å². The number of hydrogen-bond donors (Lipinski definition) is 1. The molecule has 3 aliphatic heterocycles. The Morgan fingerprint density at radius 3 is 2.76 bits per heavy atom. The summed E-state index contributed by atoms with van der Waals surface area (Å²) in [6, 6.07) is 4.73. The normalized spacial score (nSPS) is 27.1. The van der Waals surface area contributed by atoms with Crippen LogP contribution in [0.25, 0.3) is 0 Å². The number of anilines is 1. The first kappa shape index (κ1) is 16.5. The van der Waals surface area contributed by atoms with Gasteiger partial charge in [-0.1, -0.05) is 6.07 Å². The number of hydrogen-bond acceptors (Lipinski definition) is 3. The first-order valence-corrected chi connectivity index (χ1v) is 9.24. The molecule has 2 fully saturated rings. The van der Waals surface area contributed by atoms with E-state index in [1.165, 1.54) is 25.0 Å². The fraction of sp³-hybridized carbons (Fsp3) is 0.579. The van der Waals surface area contributed by atoms with E-state index in [0.717, 1.165) is 44.6 Å². The van der Waals surface area contributed by atoms with Crippen molar-refractivity contribution in [1.82, 2.24) is 9.80 Å². The summed E-state index contributed by atoms with van der Waals surface area (Å²) in [5.74, 6) is -1.11. The molecule has 0 radical (unpaired) electrons. The lowest BCUT2D eigenvalue weighted by Crippen LogP contribution is -2.50. The molecule has 5 nitrogen and oxygen atoms in total. The topological polar surface area (TPSA) is 52.7 Å². The maximum Gasteiger partial charge on any atom is 0.230 e. The molecule has 134 valence electrons. The zero-order valence-electron chi connectivity index (χ0n) is 14.3. The van der Waals surface area contributed by atoms with Gasteiger partial charge < -0.3 is 10.2 Å². The molecule has 0 bridgehead atoms. The fourth-order valence-corrected chi connectivity index (χ4v) is 4.44. The first-order valence-electron chi connectivity index (χ1n) is 9.24. The van der Waals surface area contributed by atoms with Crippen LogP contribution in [0.1, 0.15) is 43.6 Å². The Morgan fingerprint density at radius 1 is 1.16 bits per heavy atom. The number of carbonyl (C=O) groups is 2. The number of piperidine rings is 1. The van der Waals surface area contributed by atoms with E-state index in [1.807, 2.05) is 4.90 Å². The molecule has 0 aliphatic carbocycles. The Hall–Kier alpha value is -1.95. The molecule has 0 saturated carbocycles. The smallest absolute Gasteiger partial charge is 0.230 e. The SMILES string of the molecule is O=C1CC(C(=O)N2CCCC(N3CCCC3)C2)c2ccc(F)cc2N1. The first-order chi connectivity index (χ1) is 12.1. The fourth-order valence-electron chi connectivity index (χ4n) is 4.44. The van der Waals surface area contributed by atoms with Crippen molar-refractivity contribution in [2.24, 2.45) is 0 Å². The quantitative estimate of drug-likeness (QED) is 0.895. The summed E-state index contributed by atoms with van der Waals surface area (Å²) in [6.07, 6.45) is 4.76. The lowest BCUT2D eigenvalue weighted by Gasteiger charge is -2.39. The van der Waals surface area contributed by atoms with Crippen molar-refractivity contribution >= 4 is 17.5 Å². The van der Waals surface area contributed by atoms with Crippen molar-refractivity contribution in [2.45, 2.75) is 44.1 Å². The van der Waals surface area contributed by atoms with Crippen LogP contribution in [0.15, 0.2) is 18.2 Å². The van der Waals surface area contributed by atoms with Crippen molar-refractivity contribution in [3.63, 3.8) is 0 Å². The molecule has 3 heterocycles. The molecule has 1 aromatic carbocycles. The molecular formula is C19H24FN3O2. The Bertz CT molecular complexity index is 687. The maximum atomic E-state index is 13.5. The largest absolute Gasteiger partial charge is 0.341 e. The second kappa shape index (κ2) is 6.75. The van der Waals surface area contributed by atoms with Crippen molar-refractivity contribution < 1.29 is 14.0 Å². The molecule has 2 unspecified atom stereocenters. The van der Waals surface area contributed by atoms with Gasteiger partial charge in [-0.2, -0.15) is 0 Å². The molecule has 4 rings (SSSR count). The monoisotopic (exact) mass is 345 g/mol. The predicted octanol–water partition coefficient (Wildman–Crippen LogP) is 2.34. The number of rotatable bonds is 2. The van der Waals surface area contributed by atoms with Gasteiger partial charge in [-0.15, -0.1) is 0 Å². The number of amides is 2. The number of fused-ring (bicyclic) bond motifs is 1. The molecular weight excluding hydrogens is 321 g/mol. The van der Waals surface area contributed by atoms with Crippen LogP contribution >= 0.6 is 0 Å². The third kappa shape index (κ3) is 3.27. The van der Waals surface area contributed by atoms with Gasteiger partial charge in [0.25, 0.3) is 0 Å². The lowest BCUT2D eigenvalue weighted by molar-refractivity contribution is -0.136. The number of halogens is 1. The van der Waals surface area contributed by atoms with E-state index in [-0.39, 0.29) is 18.2 Å². The van der Waals surface area contributed by atoms with Gasteiger partial charge in [-0.3, -0.25) is 14.5 Å². The average Bonchev–Trinajstić information content (AvgIpc) is 3.15. The molecule has 2 atom stereocenters. The van der Waals surface area contributed by atoms with Crippen molar-refractivity contribution in [2.75, 3.05) is 31.5 Å². The number of nitrogens with zero attached hydrogens (tertiary/aromatic N) is 2. The lowest BCUT2D eigenvalue weighted by atomic mass is 9.88. The third-order valence-corrected chi connectivity index (χ3v) is 5.72. The maximum absolute atomic E-state index is 13.5. The van der Waals surface area contributed by atoms with Crippen LogP contribution < -0.4 is 5.32 Å². The van der Waals surface area contributed by atoms with Gasteiger partial charge in [0.1, 0.15) is 5.82 Å². The van der Waals surface area contributed by atoms with E-state index < -0.39 is 11.7 Å². The molecule has 25 heavy (non-hydrogen) atoms. The molecule has 0 aromatic heterocycles. The Labute approximate surface area is 147 Å². The van der Waals surface area contributed by atoms with Crippen molar-refractivity contribution in [3.05, 3.63) is 29.6 Å². The zero-order valence-corrected chi connectivity index (χ0v) is 14.3. The summed E-state index contributed by atoms with van der Waals surface area (Å²) in [5.41, 5.74) is 1.16. The van der Waals surface area contributed by atoms with Crippen LogP contribution in [-0.4, -0.2) is 53.8 Å². The van der Waals surface area contributed by atoms with Gasteiger partial charge in [0.2, 0.25) is 11.8 Å². The summed E-state index contributed by atoms with van der Waals surface area (Å²) >= 11 is 0. The summed E-state index contributed by atoms with van der Waals surface area (Å²) in [7, 11) is 0. The van der Waals surface area contributed by atoms with Crippen LogP contribution in [-0.2, 0) is 9.59 Å². The second-order valence-electron chi connectivity index (χ2n) is 7.36. The van der Waals surface area contributed by atoms with Crippen molar-refractivity contribution in [3.8, 4) is 0 Å². The van der Waals surface area contributed by atoms with Gasteiger partial charge in [0.15, 0.2) is 0 Å². The molecule has 2 saturated heterocycles. The molecule has 3 aliphatic rings. The van der Waals surface area contributed by atoms with E-state index in [1.54, 1.807) is 6.07 Å². The van der Waals surface area contributed by atoms with E-state index >= 15 is 0 Å². The Balaban J connectivity index is 1.53. The van der Waals surface area contributed by atoms with Crippen molar-refractivity contribution in [1.29, 1.82) is 0 Å². The molecule has 1 N–H and O–H groups in total. The average molecular weight is 345 g/mol. The zero-order chi connectivity index (χ0) is 17.4. The Kier molecular flexibility index (Phi) is 4.46. The van der Waals surface area contributed by atoms with Gasteiger partial charge >= 0.3 is 0 Å². The standard InChI is InChI=1S/C19H24FN3O2/c20-13-5-6-15-16(11-18(24)21-17(15)10-13)19(25)23-9-3-4-14(12-23)22-7-1-2-8-22/h5-6,10,14,16H,1-4,7-9,11-12H2,(H,21,24). The molecule has 0 spiro atoms. The second-order valence-corrected chi connectivity index (χ2v) is 7.36. The van der Waals surface area contributed by atoms with E-state index in [9.17, 15) is 14.0 Å². The Morgan fingerprint density at radius 2 is 1.96 bits per heavy atom. The third-order valence-electron chi connectivity index (χ3n) is 5.72. The number of nitrogens with one attached hydrogen (secondary N) is 1. The van der Waals surface area contributed by atoms with Gasteiger partial charge in [-0.05, 0) is 56.5 Å². The summed E-state index contributed by atoms with van der Waals surface area (Å²) in [6.45, 7) is 3.74. The molecule has 2 amide bonds. The van der Waals surface area contributed by atoms with Crippen LogP contribution in [0.4, 0.5) is 10.1 Å². The highest BCUT2D eigenvalue weighted by Crippen LogP contribution is 2.35. The molecule has 6 heteroatoms.